The smallest absolute Gasteiger partial charge is 0.234 e. The maximum Gasteiger partial charge on any atom is 0.234 e. The van der Waals surface area contributed by atoms with E-state index in [-0.39, 0.29) is 11.7 Å². The van der Waals surface area contributed by atoms with Crippen molar-refractivity contribution in [3.8, 4) is 0 Å². The molecule has 2 heterocycles. The van der Waals surface area contributed by atoms with Crippen molar-refractivity contribution in [3.05, 3.63) is 53.2 Å². The summed E-state index contributed by atoms with van der Waals surface area (Å²) in [6.45, 7) is 1.90. The van der Waals surface area contributed by atoms with Gasteiger partial charge in [0, 0.05) is 16.9 Å². The predicted molar refractivity (Wildman–Crippen MR) is 88.5 cm³/mol. The van der Waals surface area contributed by atoms with E-state index >= 15 is 0 Å². The molecule has 0 aliphatic heterocycles. The van der Waals surface area contributed by atoms with Crippen LogP contribution >= 0.6 is 23.4 Å². The monoisotopic (exact) mass is 332 g/mol. The van der Waals surface area contributed by atoms with Crippen LogP contribution in [0.2, 0.25) is 5.02 Å². The number of halogens is 1. The average molecular weight is 333 g/mol. The lowest BCUT2D eigenvalue weighted by Crippen LogP contribution is -2.15. The highest BCUT2D eigenvalue weighted by molar-refractivity contribution is 7.99. The van der Waals surface area contributed by atoms with Crippen molar-refractivity contribution < 1.29 is 4.79 Å². The Morgan fingerprint density at radius 1 is 1.32 bits per heavy atom. The number of hydrogen-bond donors (Lipinski definition) is 1. The van der Waals surface area contributed by atoms with Crippen LogP contribution in [-0.4, -0.2) is 26.3 Å². The van der Waals surface area contributed by atoms with Gasteiger partial charge in [0.1, 0.15) is 0 Å². The van der Waals surface area contributed by atoms with Crippen LogP contribution in [0.4, 0.5) is 5.69 Å². The molecule has 112 valence electrons. The Balaban J connectivity index is 1.65. The minimum absolute atomic E-state index is 0.0943. The molecule has 3 rings (SSSR count). The molecule has 0 saturated carbocycles. The molecule has 0 aliphatic rings. The van der Waals surface area contributed by atoms with Crippen LogP contribution in [-0.2, 0) is 4.79 Å². The lowest BCUT2D eigenvalue weighted by molar-refractivity contribution is -0.113. The second kappa shape index (κ2) is 6.37. The number of rotatable bonds is 4. The first-order chi connectivity index (χ1) is 10.6. The van der Waals surface area contributed by atoms with Crippen molar-refractivity contribution >= 4 is 40.6 Å². The number of thioether (sulfide) groups is 1. The molecule has 2 aromatic heterocycles. The topological polar surface area (TPSA) is 59.3 Å². The molecule has 0 atom stereocenters. The quantitative estimate of drug-likeness (QED) is 0.744. The molecule has 22 heavy (non-hydrogen) atoms. The number of aromatic nitrogens is 3. The maximum atomic E-state index is 12.1. The normalized spacial score (nSPS) is 10.8. The molecule has 1 N–H and O–H groups in total. The lowest BCUT2D eigenvalue weighted by Gasteiger charge is -2.08. The molecule has 5 nitrogen and oxygen atoms in total. The van der Waals surface area contributed by atoms with E-state index < -0.39 is 0 Å². The van der Waals surface area contributed by atoms with Crippen LogP contribution < -0.4 is 5.32 Å². The van der Waals surface area contributed by atoms with Gasteiger partial charge in [-0.25, -0.2) is 0 Å². The third-order valence-corrected chi connectivity index (χ3v) is 4.26. The van der Waals surface area contributed by atoms with E-state index in [4.69, 9.17) is 11.6 Å². The number of nitrogens with one attached hydrogen (secondary N) is 1. The van der Waals surface area contributed by atoms with Crippen LogP contribution in [0.3, 0.4) is 0 Å². The summed E-state index contributed by atoms with van der Waals surface area (Å²) in [5, 5.41) is 12.3. The van der Waals surface area contributed by atoms with Gasteiger partial charge in [-0.05, 0) is 42.8 Å². The summed E-state index contributed by atoms with van der Waals surface area (Å²) in [5.41, 5.74) is 2.46. The molecule has 1 aromatic carbocycles. The fourth-order valence-electron chi connectivity index (χ4n) is 2.00. The molecule has 0 aliphatic carbocycles. The highest BCUT2D eigenvalue weighted by atomic mass is 35.5. The Morgan fingerprint density at radius 3 is 3.00 bits per heavy atom. The molecule has 0 bridgehead atoms. The second-order valence-corrected chi connectivity index (χ2v) is 6.09. The van der Waals surface area contributed by atoms with Gasteiger partial charge in [-0.15, -0.1) is 10.2 Å². The number of benzene rings is 1. The summed E-state index contributed by atoms with van der Waals surface area (Å²) in [4.78, 5) is 12.1. The molecule has 0 fully saturated rings. The fourth-order valence-corrected chi connectivity index (χ4v) is 2.95. The number of nitrogens with zero attached hydrogens (tertiary/aromatic N) is 3. The van der Waals surface area contributed by atoms with Crippen molar-refractivity contribution in [1.29, 1.82) is 0 Å². The van der Waals surface area contributed by atoms with E-state index in [9.17, 15) is 4.79 Å². The van der Waals surface area contributed by atoms with Gasteiger partial charge in [-0.3, -0.25) is 9.20 Å². The Labute approximate surface area is 136 Å². The number of anilines is 1. The van der Waals surface area contributed by atoms with Gasteiger partial charge >= 0.3 is 0 Å². The van der Waals surface area contributed by atoms with Crippen LogP contribution in [0, 0.1) is 6.92 Å². The Morgan fingerprint density at radius 2 is 2.18 bits per heavy atom. The van der Waals surface area contributed by atoms with Gasteiger partial charge in [0.05, 0.1) is 5.75 Å². The number of pyridine rings is 1. The molecule has 7 heteroatoms. The van der Waals surface area contributed by atoms with Crippen molar-refractivity contribution in [2.24, 2.45) is 0 Å². The number of amides is 1. The molecule has 0 saturated heterocycles. The van der Waals surface area contributed by atoms with Crippen LogP contribution in [0.1, 0.15) is 5.56 Å². The van der Waals surface area contributed by atoms with E-state index in [0.29, 0.717) is 10.2 Å². The fraction of sp³-hybridized carbons (Fsp3) is 0.133. The minimum Gasteiger partial charge on any atom is -0.325 e. The largest absolute Gasteiger partial charge is 0.325 e. The Bertz CT molecular complexity index is 833. The number of carbonyl (C=O) groups is 1. The van der Waals surface area contributed by atoms with Gasteiger partial charge in [0.15, 0.2) is 10.8 Å². The lowest BCUT2D eigenvalue weighted by atomic mass is 10.2. The van der Waals surface area contributed by atoms with E-state index in [1.807, 2.05) is 41.8 Å². The molecule has 3 aromatic rings. The van der Waals surface area contributed by atoms with Crippen LogP contribution in [0.5, 0.6) is 0 Å². The maximum absolute atomic E-state index is 12.1. The average Bonchev–Trinajstić information content (AvgIpc) is 2.91. The summed E-state index contributed by atoms with van der Waals surface area (Å²) in [6.07, 6.45) is 1.87. The number of carbonyl (C=O) groups excluding carboxylic acids is 1. The first-order valence-electron chi connectivity index (χ1n) is 6.62. The van der Waals surface area contributed by atoms with Gasteiger partial charge < -0.3 is 5.32 Å². The Kier molecular flexibility index (Phi) is 4.31. The van der Waals surface area contributed by atoms with Crippen LogP contribution in [0.15, 0.2) is 47.8 Å². The first kappa shape index (κ1) is 14.9. The van der Waals surface area contributed by atoms with E-state index in [2.05, 4.69) is 15.5 Å². The number of hydrogen-bond acceptors (Lipinski definition) is 4. The highest BCUT2D eigenvalue weighted by Crippen LogP contribution is 2.21. The molecular weight excluding hydrogens is 320 g/mol. The number of fused-ring (bicyclic) bond motifs is 1. The predicted octanol–water partition coefficient (Wildman–Crippen LogP) is 3.42. The summed E-state index contributed by atoms with van der Waals surface area (Å²) < 4.78 is 1.85. The van der Waals surface area contributed by atoms with Gasteiger partial charge in [-0.1, -0.05) is 29.4 Å². The summed E-state index contributed by atoms with van der Waals surface area (Å²) in [5.74, 6) is 0.167. The zero-order valence-corrected chi connectivity index (χ0v) is 13.4. The zero-order chi connectivity index (χ0) is 15.5. The SMILES string of the molecule is Cc1cc(Cl)ccc1NC(=O)CSc1nnc2ccccn12. The molecular formula is C15H13ClN4OS. The third-order valence-electron chi connectivity index (χ3n) is 3.08. The summed E-state index contributed by atoms with van der Waals surface area (Å²) >= 11 is 7.25. The molecule has 0 spiro atoms. The standard InChI is InChI=1S/C15H13ClN4OS/c1-10-8-11(16)5-6-12(10)17-14(21)9-22-15-19-18-13-4-2-3-7-20(13)15/h2-8H,9H2,1H3,(H,17,21). The summed E-state index contributed by atoms with van der Waals surface area (Å²) in [6, 6.07) is 11.0. The van der Waals surface area contributed by atoms with E-state index in [1.54, 1.807) is 12.1 Å². The Hall–Kier alpha value is -2.05. The number of aryl methyl sites for hydroxylation is 1. The van der Waals surface area contributed by atoms with E-state index in [1.165, 1.54) is 11.8 Å². The summed E-state index contributed by atoms with van der Waals surface area (Å²) in [7, 11) is 0. The van der Waals surface area contributed by atoms with Gasteiger partial charge in [-0.2, -0.15) is 0 Å². The molecule has 1 amide bonds. The van der Waals surface area contributed by atoms with Crippen molar-refractivity contribution in [3.63, 3.8) is 0 Å². The van der Waals surface area contributed by atoms with Crippen molar-refractivity contribution in [1.82, 2.24) is 14.6 Å². The van der Waals surface area contributed by atoms with Crippen molar-refractivity contribution in [2.45, 2.75) is 12.1 Å². The van der Waals surface area contributed by atoms with E-state index in [0.717, 1.165) is 16.9 Å². The second-order valence-electron chi connectivity index (χ2n) is 4.71. The van der Waals surface area contributed by atoms with Crippen molar-refractivity contribution in [2.75, 3.05) is 11.1 Å². The van der Waals surface area contributed by atoms with Gasteiger partial charge in [0.2, 0.25) is 5.91 Å². The molecule has 0 unspecified atom stereocenters. The van der Waals surface area contributed by atoms with Crippen LogP contribution in [0.25, 0.3) is 5.65 Å². The van der Waals surface area contributed by atoms with Gasteiger partial charge in [0.25, 0.3) is 0 Å². The molecule has 0 radical (unpaired) electrons. The minimum atomic E-state index is -0.0943. The first-order valence-corrected chi connectivity index (χ1v) is 7.98. The highest BCUT2D eigenvalue weighted by Gasteiger charge is 2.10. The zero-order valence-electron chi connectivity index (χ0n) is 11.8. The third kappa shape index (κ3) is 3.23.